The highest BCUT2D eigenvalue weighted by Gasteiger charge is 2.39. The maximum Gasteiger partial charge on any atom is 0.240 e. The Bertz CT molecular complexity index is 682. The molecule has 1 saturated carbocycles. The molecule has 0 bridgehead atoms. The van der Waals surface area contributed by atoms with E-state index in [0.29, 0.717) is 6.54 Å². The van der Waals surface area contributed by atoms with Crippen molar-refractivity contribution in [3.63, 3.8) is 0 Å². The van der Waals surface area contributed by atoms with Gasteiger partial charge in [0.25, 0.3) is 0 Å². The topological polar surface area (TPSA) is 59.4 Å². The van der Waals surface area contributed by atoms with Crippen molar-refractivity contribution in [1.29, 1.82) is 5.26 Å². The molecule has 0 unspecified atom stereocenters. The van der Waals surface area contributed by atoms with Crippen LogP contribution in [0, 0.1) is 23.7 Å². The second-order valence-electron chi connectivity index (χ2n) is 8.39. The predicted molar refractivity (Wildman–Crippen MR) is 113 cm³/mol. The molecule has 1 saturated heterocycles. The van der Waals surface area contributed by atoms with E-state index in [2.05, 4.69) is 52.4 Å². The molecular weight excluding hydrogens is 348 g/mol. The molecule has 1 aliphatic heterocycles. The smallest absolute Gasteiger partial charge is 0.240 e. The van der Waals surface area contributed by atoms with E-state index in [-0.39, 0.29) is 5.91 Å². The Morgan fingerprint density at radius 2 is 1.89 bits per heavy atom. The molecule has 152 valence electrons. The third-order valence-corrected chi connectivity index (χ3v) is 6.28. The van der Waals surface area contributed by atoms with Crippen molar-refractivity contribution in [2.24, 2.45) is 5.41 Å². The molecule has 0 radical (unpaired) electrons. The van der Waals surface area contributed by atoms with E-state index in [9.17, 15) is 10.1 Å². The molecule has 0 spiro atoms. The van der Waals surface area contributed by atoms with Crippen LogP contribution in [-0.4, -0.2) is 50.1 Å². The summed E-state index contributed by atoms with van der Waals surface area (Å²) in [6, 6.07) is 11.0. The van der Waals surface area contributed by atoms with E-state index in [1.54, 1.807) is 0 Å². The number of hydrogen-bond acceptors (Lipinski definition) is 4. The number of aryl methyl sites for hydroxylation is 1. The van der Waals surface area contributed by atoms with E-state index in [1.165, 1.54) is 11.3 Å². The summed E-state index contributed by atoms with van der Waals surface area (Å²) in [4.78, 5) is 17.4. The molecule has 0 atom stereocenters. The first-order valence-corrected chi connectivity index (χ1v) is 10.9. The number of unbranched alkanes of at least 4 members (excludes halogenated alkanes) is 1. The maximum atomic E-state index is 12.5. The lowest BCUT2D eigenvalue weighted by molar-refractivity contribution is -0.129. The van der Waals surface area contributed by atoms with E-state index < -0.39 is 5.41 Å². The molecule has 5 nitrogen and oxygen atoms in total. The number of carbonyl (C=O) groups is 1. The minimum atomic E-state index is -0.760. The highest BCUT2D eigenvalue weighted by atomic mass is 16.2. The highest BCUT2D eigenvalue weighted by molar-refractivity contribution is 5.85. The summed E-state index contributed by atoms with van der Waals surface area (Å²) in [5.74, 6) is -0.0403. The van der Waals surface area contributed by atoms with Crippen molar-refractivity contribution < 1.29 is 4.79 Å². The summed E-state index contributed by atoms with van der Waals surface area (Å²) < 4.78 is 0. The van der Waals surface area contributed by atoms with Crippen molar-refractivity contribution in [2.45, 2.75) is 51.9 Å². The Balaban J connectivity index is 1.31. The number of anilines is 1. The number of hydrogen-bond donors (Lipinski definition) is 1. The van der Waals surface area contributed by atoms with Gasteiger partial charge in [-0.3, -0.25) is 9.69 Å². The van der Waals surface area contributed by atoms with Gasteiger partial charge in [-0.2, -0.15) is 5.26 Å². The molecule has 2 fully saturated rings. The number of benzene rings is 1. The molecule has 1 aromatic rings. The van der Waals surface area contributed by atoms with Gasteiger partial charge in [0.05, 0.1) is 6.07 Å². The largest absolute Gasteiger partial charge is 0.369 e. The van der Waals surface area contributed by atoms with Gasteiger partial charge in [-0.1, -0.05) is 31.4 Å². The lowest BCUT2D eigenvalue weighted by Gasteiger charge is -2.36. The van der Waals surface area contributed by atoms with Crippen LogP contribution in [0.25, 0.3) is 0 Å². The highest BCUT2D eigenvalue weighted by Crippen LogP contribution is 2.35. The second kappa shape index (κ2) is 9.93. The summed E-state index contributed by atoms with van der Waals surface area (Å²) >= 11 is 0. The van der Waals surface area contributed by atoms with E-state index in [1.807, 2.05) is 0 Å². The third-order valence-electron chi connectivity index (χ3n) is 6.28. The van der Waals surface area contributed by atoms with Crippen LogP contribution in [-0.2, 0) is 4.79 Å². The van der Waals surface area contributed by atoms with Crippen molar-refractivity contribution >= 4 is 11.6 Å². The van der Waals surface area contributed by atoms with Gasteiger partial charge in [0, 0.05) is 38.4 Å². The second-order valence-corrected chi connectivity index (χ2v) is 8.39. The van der Waals surface area contributed by atoms with E-state index >= 15 is 0 Å². The van der Waals surface area contributed by atoms with Crippen molar-refractivity contribution in [3.05, 3.63) is 29.8 Å². The molecule has 1 aliphatic carbocycles. The van der Waals surface area contributed by atoms with Gasteiger partial charge in [-0.05, 0) is 56.8 Å². The van der Waals surface area contributed by atoms with Crippen LogP contribution < -0.4 is 10.2 Å². The zero-order valence-electron chi connectivity index (χ0n) is 17.3. The van der Waals surface area contributed by atoms with Crippen LogP contribution in [0.1, 0.15) is 50.5 Å². The average Bonchev–Trinajstić information content (AvgIpc) is 2.74. The summed E-state index contributed by atoms with van der Waals surface area (Å²) in [6.45, 7) is 8.25. The standard InChI is InChI=1S/C23H34N4O/c1-20-8-7-9-21(18-20)27-16-14-26(15-17-27)13-6-5-12-25-22(28)23(19-24)10-3-2-4-11-23/h7-9,18H,2-6,10-17H2,1H3,(H,25,28). The van der Waals surface area contributed by atoms with Gasteiger partial charge >= 0.3 is 0 Å². The molecule has 1 amide bonds. The molecule has 5 heteroatoms. The van der Waals surface area contributed by atoms with Crippen LogP contribution in [0.5, 0.6) is 0 Å². The Labute approximate surface area is 169 Å². The average molecular weight is 383 g/mol. The number of amides is 1. The van der Waals surface area contributed by atoms with Gasteiger partial charge in [-0.25, -0.2) is 0 Å². The number of rotatable bonds is 7. The van der Waals surface area contributed by atoms with Gasteiger partial charge in [0.1, 0.15) is 5.41 Å². The summed E-state index contributed by atoms with van der Waals surface area (Å²) in [7, 11) is 0. The number of nitriles is 1. The molecule has 1 aromatic carbocycles. The fourth-order valence-electron chi connectivity index (χ4n) is 4.43. The first-order valence-electron chi connectivity index (χ1n) is 10.9. The Morgan fingerprint density at radius 1 is 1.14 bits per heavy atom. The SMILES string of the molecule is Cc1cccc(N2CCN(CCCCNC(=O)C3(C#N)CCCCC3)CC2)c1. The van der Waals surface area contributed by atoms with Crippen molar-refractivity contribution in [3.8, 4) is 6.07 Å². The number of nitrogens with zero attached hydrogens (tertiary/aromatic N) is 3. The quantitative estimate of drug-likeness (QED) is 0.734. The molecule has 1 N–H and O–H groups in total. The zero-order chi connectivity index (χ0) is 19.8. The lowest BCUT2D eigenvalue weighted by Crippen LogP contribution is -2.46. The first kappa shape index (κ1) is 20.7. The van der Waals surface area contributed by atoms with Gasteiger partial charge < -0.3 is 10.2 Å². The van der Waals surface area contributed by atoms with Crippen LogP contribution >= 0.6 is 0 Å². The Kier molecular flexibility index (Phi) is 7.33. The Hall–Kier alpha value is -2.06. The molecule has 28 heavy (non-hydrogen) atoms. The summed E-state index contributed by atoms with van der Waals surface area (Å²) in [5, 5.41) is 12.5. The fraction of sp³-hybridized carbons (Fsp3) is 0.652. The normalized spacial score (nSPS) is 19.8. The van der Waals surface area contributed by atoms with Crippen LogP contribution in [0.3, 0.4) is 0 Å². The van der Waals surface area contributed by atoms with Crippen LogP contribution in [0.15, 0.2) is 24.3 Å². The van der Waals surface area contributed by atoms with E-state index in [0.717, 1.165) is 77.7 Å². The van der Waals surface area contributed by atoms with Gasteiger partial charge in [-0.15, -0.1) is 0 Å². The third kappa shape index (κ3) is 5.26. The van der Waals surface area contributed by atoms with Gasteiger partial charge in [0.2, 0.25) is 5.91 Å². The maximum absolute atomic E-state index is 12.5. The van der Waals surface area contributed by atoms with Crippen LogP contribution in [0.2, 0.25) is 0 Å². The number of nitrogens with one attached hydrogen (secondary N) is 1. The molecular formula is C23H34N4O. The number of piperazine rings is 1. The molecule has 2 aliphatic rings. The van der Waals surface area contributed by atoms with Crippen molar-refractivity contribution in [1.82, 2.24) is 10.2 Å². The first-order chi connectivity index (χ1) is 13.6. The van der Waals surface area contributed by atoms with E-state index in [4.69, 9.17) is 0 Å². The Morgan fingerprint density at radius 3 is 2.57 bits per heavy atom. The van der Waals surface area contributed by atoms with Crippen LogP contribution in [0.4, 0.5) is 5.69 Å². The predicted octanol–water partition coefficient (Wildman–Crippen LogP) is 3.49. The molecule has 3 rings (SSSR count). The zero-order valence-corrected chi connectivity index (χ0v) is 17.3. The molecule has 0 aromatic heterocycles. The lowest BCUT2D eigenvalue weighted by atomic mass is 9.74. The number of carbonyl (C=O) groups excluding carboxylic acids is 1. The fourth-order valence-corrected chi connectivity index (χ4v) is 4.43. The summed E-state index contributed by atoms with van der Waals surface area (Å²) in [6.07, 6.45) is 6.65. The molecule has 1 heterocycles. The van der Waals surface area contributed by atoms with Gasteiger partial charge in [0.15, 0.2) is 0 Å². The van der Waals surface area contributed by atoms with Crippen molar-refractivity contribution in [2.75, 3.05) is 44.2 Å². The summed E-state index contributed by atoms with van der Waals surface area (Å²) in [5.41, 5.74) is 1.88. The minimum Gasteiger partial charge on any atom is -0.369 e. The minimum absolute atomic E-state index is 0.0403. The monoisotopic (exact) mass is 382 g/mol.